The van der Waals surface area contributed by atoms with E-state index in [4.69, 9.17) is 0 Å². The average molecular weight is 167 g/mol. The second-order valence-electron chi connectivity index (χ2n) is 3.47. The van der Waals surface area contributed by atoms with E-state index in [0.29, 0.717) is 6.04 Å². The van der Waals surface area contributed by atoms with E-state index in [0.717, 1.165) is 12.2 Å². The second-order valence-corrected chi connectivity index (χ2v) is 3.47. The van der Waals surface area contributed by atoms with Crippen LogP contribution in [0, 0.1) is 6.92 Å². The fourth-order valence-electron chi connectivity index (χ4n) is 1.13. The Kier molecular flexibility index (Phi) is 2.87. The lowest BCUT2D eigenvalue weighted by Gasteiger charge is -2.05. The van der Waals surface area contributed by atoms with Crippen LogP contribution in [0.25, 0.3) is 0 Å². The number of nitrogens with zero attached hydrogens (tertiary/aromatic N) is 2. The monoisotopic (exact) mass is 167 g/mol. The van der Waals surface area contributed by atoms with Gasteiger partial charge in [-0.1, -0.05) is 13.8 Å². The van der Waals surface area contributed by atoms with Crippen molar-refractivity contribution in [1.82, 2.24) is 15.1 Å². The van der Waals surface area contributed by atoms with Crippen molar-refractivity contribution in [2.75, 3.05) is 0 Å². The van der Waals surface area contributed by atoms with Gasteiger partial charge in [-0.2, -0.15) is 5.10 Å². The van der Waals surface area contributed by atoms with E-state index in [1.165, 1.54) is 5.56 Å². The Balaban J connectivity index is 2.57. The molecule has 0 aliphatic rings. The summed E-state index contributed by atoms with van der Waals surface area (Å²) < 4.78 is 1.85. The minimum absolute atomic E-state index is 0.520. The molecule has 0 unspecified atom stereocenters. The maximum absolute atomic E-state index is 4.34. The molecule has 3 heteroatoms. The number of aryl methyl sites for hydroxylation is 2. The topological polar surface area (TPSA) is 29.9 Å². The summed E-state index contributed by atoms with van der Waals surface area (Å²) in [6, 6.07) is 0.520. The number of aromatic nitrogens is 2. The highest BCUT2D eigenvalue weighted by Crippen LogP contribution is 2.03. The Morgan fingerprint density at radius 3 is 2.67 bits per heavy atom. The summed E-state index contributed by atoms with van der Waals surface area (Å²) in [6.45, 7) is 7.23. The Morgan fingerprint density at radius 1 is 1.58 bits per heavy atom. The van der Waals surface area contributed by atoms with Gasteiger partial charge in [0.05, 0.1) is 5.69 Å². The predicted molar refractivity (Wildman–Crippen MR) is 49.9 cm³/mol. The van der Waals surface area contributed by atoms with Crippen molar-refractivity contribution < 1.29 is 0 Å². The highest BCUT2D eigenvalue weighted by atomic mass is 15.3. The van der Waals surface area contributed by atoms with Crippen molar-refractivity contribution >= 4 is 0 Å². The molecule has 3 nitrogen and oxygen atoms in total. The van der Waals surface area contributed by atoms with Gasteiger partial charge in [-0.3, -0.25) is 4.68 Å². The summed E-state index contributed by atoms with van der Waals surface area (Å²) in [4.78, 5) is 0. The van der Waals surface area contributed by atoms with Gasteiger partial charge >= 0.3 is 0 Å². The number of rotatable bonds is 3. The molecule has 0 aliphatic heterocycles. The van der Waals surface area contributed by atoms with Gasteiger partial charge in [-0.05, 0) is 12.5 Å². The summed E-state index contributed by atoms with van der Waals surface area (Å²) >= 11 is 0. The molecule has 1 rings (SSSR count). The van der Waals surface area contributed by atoms with E-state index in [-0.39, 0.29) is 0 Å². The fraction of sp³-hybridized carbons (Fsp3) is 0.667. The zero-order valence-corrected chi connectivity index (χ0v) is 8.26. The van der Waals surface area contributed by atoms with Gasteiger partial charge in [0.25, 0.3) is 0 Å². The molecular weight excluding hydrogens is 150 g/mol. The first-order valence-electron chi connectivity index (χ1n) is 4.32. The number of nitrogens with one attached hydrogen (secondary N) is 1. The average Bonchev–Trinajstić information content (AvgIpc) is 2.26. The van der Waals surface area contributed by atoms with E-state index in [2.05, 4.69) is 31.2 Å². The molecule has 0 amide bonds. The highest BCUT2D eigenvalue weighted by Gasteiger charge is 2.02. The van der Waals surface area contributed by atoms with Crippen molar-refractivity contribution in [2.24, 2.45) is 7.05 Å². The minimum atomic E-state index is 0.520. The fourth-order valence-corrected chi connectivity index (χ4v) is 1.13. The van der Waals surface area contributed by atoms with Gasteiger partial charge in [0, 0.05) is 25.8 Å². The van der Waals surface area contributed by atoms with Crippen LogP contribution in [0.3, 0.4) is 0 Å². The molecule has 0 radical (unpaired) electrons. The first kappa shape index (κ1) is 9.26. The van der Waals surface area contributed by atoms with Crippen LogP contribution in [-0.2, 0) is 13.6 Å². The zero-order chi connectivity index (χ0) is 9.14. The van der Waals surface area contributed by atoms with Crippen molar-refractivity contribution in [3.8, 4) is 0 Å². The SMILES string of the molecule is Cc1cn(C)nc1CNC(C)C. The van der Waals surface area contributed by atoms with Gasteiger partial charge in [0.2, 0.25) is 0 Å². The highest BCUT2D eigenvalue weighted by molar-refractivity contribution is 5.14. The van der Waals surface area contributed by atoms with Crippen LogP contribution < -0.4 is 5.32 Å². The van der Waals surface area contributed by atoms with Crippen LogP contribution in [0.4, 0.5) is 0 Å². The molecule has 0 atom stereocenters. The van der Waals surface area contributed by atoms with E-state index >= 15 is 0 Å². The summed E-state index contributed by atoms with van der Waals surface area (Å²) in [6.07, 6.45) is 2.04. The summed E-state index contributed by atoms with van der Waals surface area (Å²) in [7, 11) is 1.95. The Hall–Kier alpha value is -0.830. The van der Waals surface area contributed by atoms with Crippen LogP contribution in [-0.4, -0.2) is 15.8 Å². The normalized spacial score (nSPS) is 11.1. The molecule has 1 N–H and O–H groups in total. The molecule has 0 fully saturated rings. The van der Waals surface area contributed by atoms with Gasteiger partial charge in [0.1, 0.15) is 0 Å². The van der Waals surface area contributed by atoms with Gasteiger partial charge < -0.3 is 5.32 Å². The molecule has 68 valence electrons. The molecular formula is C9H17N3. The molecule has 1 aromatic rings. The van der Waals surface area contributed by atoms with E-state index in [1.54, 1.807) is 0 Å². The number of hydrogen-bond acceptors (Lipinski definition) is 2. The smallest absolute Gasteiger partial charge is 0.0791 e. The largest absolute Gasteiger partial charge is 0.309 e. The van der Waals surface area contributed by atoms with Gasteiger partial charge in [-0.25, -0.2) is 0 Å². The van der Waals surface area contributed by atoms with E-state index < -0.39 is 0 Å². The van der Waals surface area contributed by atoms with Crippen LogP contribution in [0.2, 0.25) is 0 Å². The quantitative estimate of drug-likeness (QED) is 0.733. The lowest BCUT2D eigenvalue weighted by molar-refractivity contribution is 0.573. The van der Waals surface area contributed by atoms with Crippen LogP contribution in [0.1, 0.15) is 25.1 Å². The van der Waals surface area contributed by atoms with E-state index in [9.17, 15) is 0 Å². The van der Waals surface area contributed by atoms with Crippen molar-refractivity contribution in [3.63, 3.8) is 0 Å². The Bertz CT molecular complexity index is 250. The maximum Gasteiger partial charge on any atom is 0.0791 e. The molecule has 1 aromatic heterocycles. The predicted octanol–water partition coefficient (Wildman–Crippen LogP) is 1.23. The lowest BCUT2D eigenvalue weighted by atomic mass is 10.2. The Morgan fingerprint density at radius 2 is 2.25 bits per heavy atom. The van der Waals surface area contributed by atoms with Crippen molar-refractivity contribution in [1.29, 1.82) is 0 Å². The molecule has 0 aromatic carbocycles. The first-order chi connectivity index (χ1) is 5.59. The first-order valence-corrected chi connectivity index (χ1v) is 4.32. The van der Waals surface area contributed by atoms with Crippen molar-refractivity contribution in [3.05, 3.63) is 17.5 Å². The maximum atomic E-state index is 4.34. The molecule has 0 aliphatic carbocycles. The van der Waals surface area contributed by atoms with Crippen molar-refractivity contribution in [2.45, 2.75) is 33.4 Å². The van der Waals surface area contributed by atoms with Gasteiger partial charge in [-0.15, -0.1) is 0 Å². The summed E-state index contributed by atoms with van der Waals surface area (Å²) in [5, 5.41) is 7.68. The molecule has 0 bridgehead atoms. The van der Waals surface area contributed by atoms with Crippen LogP contribution >= 0.6 is 0 Å². The third kappa shape index (κ3) is 2.34. The Labute approximate surface area is 73.8 Å². The van der Waals surface area contributed by atoms with E-state index in [1.807, 2.05) is 17.9 Å². The van der Waals surface area contributed by atoms with Crippen LogP contribution in [0.15, 0.2) is 6.20 Å². The lowest BCUT2D eigenvalue weighted by Crippen LogP contribution is -2.22. The third-order valence-corrected chi connectivity index (χ3v) is 1.79. The zero-order valence-electron chi connectivity index (χ0n) is 8.26. The summed E-state index contributed by atoms with van der Waals surface area (Å²) in [5.74, 6) is 0. The molecule has 0 saturated heterocycles. The molecule has 0 saturated carbocycles. The summed E-state index contributed by atoms with van der Waals surface area (Å²) in [5.41, 5.74) is 2.40. The number of hydrogen-bond donors (Lipinski definition) is 1. The standard InChI is InChI=1S/C9H17N3/c1-7(2)10-5-9-8(3)6-12(4)11-9/h6-7,10H,5H2,1-4H3. The molecule has 12 heavy (non-hydrogen) atoms. The van der Waals surface area contributed by atoms with Gasteiger partial charge in [0.15, 0.2) is 0 Å². The molecule has 0 spiro atoms. The van der Waals surface area contributed by atoms with Crippen LogP contribution in [0.5, 0.6) is 0 Å². The molecule has 1 heterocycles. The minimum Gasteiger partial charge on any atom is -0.309 e. The second kappa shape index (κ2) is 3.72. The third-order valence-electron chi connectivity index (χ3n) is 1.79.